The summed E-state index contributed by atoms with van der Waals surface area (Å²) in [6.07, 6.45) is 2.90. The predicted octanol–water partition coefficient (Wildman–Crippen LogP) is 5.35. The van der Waals surface area contributed by atoms with E-state index in [9.17, 15) is 18.0 Å². The molecule has 0 bridgehead atoms. The normalized spacial score (nSPS) is 12.7. The van der Waals surface area contributed by atoms with Crippen LogP contribution in [0.25, 0.3) is 0 Å². The van der Waals surface area contributed by atoms with Crippen LogP contribution in [0.4, 0.5) is 13.2 Å². The van der Waals surface area contributed by atoms with Gasteiger partial charge in [0, 0.05) is 6.42 Å². The molecule has 0 N–H and O–H groups in total. The molecule has 0 saturated heterocycles. The minimum atomic E-state index is -4.12. The number of hydrogen-bond donors (Lipinski definition) is 0. The molecule has 0 aliphatic carbocycles. The van der Waals surface area contributed by atoms with Crippen LogP contribution in [0.3, 0.4) is 0 Å². The number of rotatable bonds is 13. The van der Waals surface area contributed by atoms with Crippen LogP contribution in [0, 0.1) is 12.5 Å². The van der Waals surface area contributed by atoms with Gasteiger partial charge in [0.05, 0.1) is 5.92 Å². The second-order valence-electron chi connectivity index (χ2n) is 5.10. The van der Waals surface area contributed by atoms with Gasteiger partial charge in [-0.05, 0) is 25.8 Å². The number of ether oxygens (including phenoxy) is 1. The summed E-state index contributed by atoms with van der Waals surface area (Å²) in [4.78, 5) is 9.99. The summed E-state index contributed by atoms with van der Waals surface area (Å²) >= 11 is 0. The highest BCUT2D eigenvalue weighted by molar-refractivity contribution is 5.39. The Hall–Kier alpha value is -1.26. The van der Waals surface area contributed by atoms with Crippen LogP contribution >= 0.6 is 0 Å². The van der Waals surface area contributed by atoms with Crippen LogP contribution in [-0.2, 0) is 9.53 Å². The summed E-state index contributed by atoms with van der Waals surface area (Å²) in [5.41, 5.74) is 0. The molecule has 1 atom stereocenters. The van der Waals surface area contributed by atoms with E-state index in [1.165, 1.54) is 6.08 Å². The number of hydrogen-bond acceptors (Lipinski definition) is 2. The van der Waals surface area contributed by atoms with Gasteiger partial charge < -0.3 is 4.74 Å². The van der Waals surface area contributed by atoms with Crippen molar-refractivity contribution in [2.24, 2.45) is 5.92 Å². The Morgan fingerprint density at radius 2 is 1.71 bits per heavy atom. The Bertz CT molecular complexity index is 311. The molecule has 21 heavy (non-hydrogen) atoms. The summed E-state index contributed by atoms with van der Waals surface area (Å²) in [7, 11) is 0. The molecule has 0 saturated carbocycles. The molecule has 0 heterocycles. The first kappa shape index (κ1) is 19.7. The molecular weight excluding hydrogens is 281 g/mol. The van der Waals surface area contributed by atoms with Crippen molar-refractivity contribution in [2.75, 3.05) is 0 Å². The van der Waals surface area contributed by atoms with Crippen LogP contribution in [0.1, 0.15) is 57.8 Å². The first-order valence-electron chi connectivity index (χ1n) is 7.31. The smallest absolute Gasteiger partial charge is 0.392 e. The van der Waals surface area contributed by atoms with Crippen molar-refractivity contribution >= 4 is 6.47 Å². The Labute approximate surface area is 125 Å². The lowest BCUT2D eigenvalue weighted by molar-refractivity contribution is -0.175. The summed E-state index contributed by atoms with van der Waals surface area (Å²) in [6, 6.07) is 0. The van der Waals surface area contributed by atoms with E-state index in [0.29, 0.717) is 19.3 Å². The predicted molar refractivity (Wildman–Crippen MR) is 76.3 cm³/mol. The maximum absolute atomic E-state index is 12.6. The Balaban J connectivity index is 3.56. The zero-order chi connectivity index (χ0) is 16.1. The molecule has 0 aliphatic heterocycles. The highest BCUT2D eigenvalue weighted by atomic mass is 19.4. The van der Waals surface area contributed by atoms with Crippen molar-refractivity contribution in [3.63, 3.8) is 0 Å². The van der Waals surface area contributed by atoms with Crippen molar-refractivity contribution in [3.8, 4) is 0 Å². The van der Waals surface area contributed by atoms with Gasteiger partial charge in [-0.25, -0.2) is 0 Å². The third-order valence-electron chi connectivity index (χ3n) is 3.34. The monoisotopic (exact) mass is 305 g/mol. The van der Waals surface area contributed by atoms with E-state index in [1.54, 1.807) is 0 Å². The fourth-order valence-corrected chi connectivity index (χ4v) is 2.13. The van der Waals surface area contributed by atoms with E-state index >= 15 is 0 Å². The van der Waals surface area contributed by atoms with E-state index in [0.717, 1.165) is 32.1 Å². The molecule has 121 valence electrons. The van der Waals surface area contributed by atoms with Gasteiger partial charge in [0.25, 0.3) is 6.47 Å². The van der Waals surface area contributed by atoms with Gasteiger partial charge in [0.15, 0.2) is 0 Å². The average molecular weight is 305 g/mol. The largest absolute Gasteiger partial charge is 0.433 e. The molecule has 0 spiro atoms. The van der Waals surface area contributed by atoms with Gasteiger partial charge in [0.1, 0.15) is 5.76 Å². The number of alkyl halides is 3. The summed E-state index contributed by atoms with van der Waals surface area (Å²) in [6.45, 7) is 9.07. The third kappa shape index (κ3) is 11.1. The first-order chi connectivity index (χ1) is 9.91. The molecule has 0 rings (SSSR count). The lowest BCUT2D eigenvalue weighted by atomic mass is 9.96. The molecule has 0 unspecified atom stereocenters. The molecule has 0 aliphatic rings. The average Bonchev–Trinajstić information content (AvgIpc) is 2.39. The van der Waals surface area contributed by atoms with Gasteiger partial charge in [-0.2, -0.15) is 13.2 Å². The van der Waals surface area contributed by atoms with Crippen molar-refractivity contribution in [3.05, 3.63) is 25.0 Å². The van der Waals surface area contributed by atoms with Crippen LogP contribution in [0.5, 0.6) is 0 Å². The van der Waals surface area contributed by atoms with E-state index in [2.05, 4.69) is 11.3 Å². The van der Waals surface area contributed by atoms with Crippen molar-refractivity contribution in [1.29, 1.82) is 0 Å². The molecule has 0 fully saturated rings. The number of halogens is 3. The molecule has 1 radical (unpaired) electrons. The standard InChI is InChI=1S/C16H24F3O2/c1-3-10-15(16(17,18)19)12-9-7-5-4-6-8-11-14(2)21-13-20/h2-3,13,15H,1,4-12H2/t15-/m0/s1. The van der Waals surface area contributed by atoms with Crippen molar-refractivity contribution < 1.29 is 22.7 Å². The van der Waals surface area contributed by atoms with Crippen LogP contribution in [0.2, 0.25) is 0 Å². The maximum atomic E-state index is 12.6. The number of unbranched alkanes of at least 4 members (excludes halogenated alkanes) is 5. The van der Waals surface area contributed by atoms with Crippen molar-refractivity contribution in [1.82, 2.24) is 0 Å². The minimum Gasteiger partial charge on any atom is -0.433 e. The zero-order valence-electron chi connectivity index (χ0n) is 12.3. The van der Waals surface area contributed by atoms with Gasteiger partial charge >= 0.3 is 6.18 Å². The first-order valence-corrected chi connectivity index (χ1v) is 7.31. The third-order valence-corrected chi connectivity index (χ3v) is 3.34. The number of allylic oxidation sites excluding steroid dienone is 2. The van der Waals surface area contributed by atoms with Crippen LogP contribution in [-0.4, -0.2) is 12.6 Å². The highest BCUT2D eigenvalue weighted by Gasteiger charge is 2.37. The molecule has 0 aromatic rings. The fourth-order valence-electron chi connectivity index (χ4n) is 2.13. The summed E-state index contributed by atoms with van der Waals surface area (Å²) < 4.78 is 42.3. The van der Waals surface area contributed by atoms with Gasteiger partial charge in [0.2, 0.25) is 0 Å². The lowest BCUT2D eigenvalue weighted by Crippen LogP contribution is -2.22. The minimum absolute atomic E-state index is 0.00462. The number of carbonyl (C=O) groups is 1. The summed E-state index contributed by atoms with van der Waals surface area (Å²) in [5.74, 6) is -1.05. The SMILES string of the molecule is [CH]=C(CCCCCCCC[C@H](CC=C)C(F)(F)F)OC=O. The van der Waals surface area contributed by atoms with Crippen molar-refractivity contribution in [2.45, 2.75) is 64.0 Å². The molecule has 2 nitrogen and oxygen atoms in total. The fraction of sp³-hybridized carbons (Fsp3) is 0.688. The van der Waals surface area contributed by atoms with Gasteiger partial charge in [-0.3, -0.25) is 4.79 Å². The van der Waals surface area contributed by atoms with Crippen LogP contribution < -0.4 is 0 Å². The molecule has 0 amide bonds. The summed E-state index contributed by atoms with van der Waals surface area (Å²) in [5, 5.41) is 0. The van der Waals surface area contributed by atoms with E-state index in [-0.39, 0.29) is 18.6 Å². The van der Waals surface area contributed by atoms with E-state index in [4.69, 9.17) is 6.58 Å². The van der Waals surface area contributed by atoms with E-state index < -0.39 is 12.1 Å². The second kappa shape index (κ2) is 11.4. The molecular formula is C16H24F3O2. The highest BCUT2D eigenvalue weighted by Crippen LogP contribution is 2.33. The Kier molecular flexibility index (Phi) is 10.7. The lowest BCUT2D eigenvalue weighted by Gasteiger charge is -2.18. The number of carbonyl (C=O) groups excluding carboxylic acids is 1. The topological polar surface area (TPSA) is 26.3 Å². The maximum Gasteiger partial charge on any atom is 0.392 e. The molecule has 0 aromatic heterocycles. The second-order valence-corrected chi connectivity index (χ2v) is 5.10. The molecule has 5 heteroatoms. The van der Waals surface area contributed by atoms with Crippen LogP contribution in [0.15, 0.2) is 18.4 Å². The van der Waals surface area contributed by atoms with Gasteiger partial charge in [-0.1, -0.05) is 38.2 Å². The van der Waals surface area contributed by atoms with Gasteiger partial charge in [-0.15, -0.1) is 6.58 Å². The zero-order valence-corrected chi connectivity index (χ0v) is 12.3. The Morgan fingerprint density at radius 3 is 2.24 bits per heavy atom. The Morgan fingerprint density at radius 1 is 1.14 bits per heavy atom. The quantitative estimate of drug-likeness (QED) is 0.198. The molecule has 0 aromatic carbocycles. The van der Waals surface area contributed by atoms with E-state index in [1.807, 2.05) is 0 Å².